The van der Waals surface area contributed by atoms with Crippen LogP contribution >= 0.6 is 0 Å². The second-order valence-corrected chi connectivity index (χ2v) is 3.73. The zero-order valence-corrected chi connectivity index (χ0v) is 10.6. The average molecular weight is 221 g/mol. The summed E-state index contributed by atoms with van der Waals surface area (Å²) < 4.78 is 5.87. The van der Waals surface area contributed by atoms with Crippen molar-refractivity contribution in [1.29, 1.82) is 0 Å². The molecular formula is C14H23NO. The lowest BCUT2D eigenvalue weighted by Gasteiger charge is -2.14. The van der Waals surface area contributed by atoms with Gasteiger partial charge in [-0.25, -0.2) is 0 Å². The first-order chi connectivity index (χ1) is 7.88. The molecule has 0 bridgehead atoms. The van der Waals surface area contributed by atoms with Crippen molar-refractivity contribution in [3.8, 4) is 5.75 Å². The number of hydrogen-bond donors (Lipinski definition) is 0. The number of hydrogen-bond acceptors (Lipinski definition) is 2. The van der Waals surface area contributed by atoms with Crippen LogP contribution in [-0.2, 0) is 0 Å². The minimum Gasteiger partial charge on any atom is -0.489 e. The Balaban J connectivity index is 0.000000606. The number of likely N-dealkylation sites (N-methyl/N-ethyl adjacent to an activating group) is 1. The molecule has 0 amide bonds. The Kier molecular flexibility index (Phi) is 5.94. The lowest BCUT2D eigenvalue weighted by Crippen LogP contribution is -2.24. The van der Waals surface area contributed by atoms with E-state index in [2.05, 4.69) is 11.8 Å². The number of para-hydroxylation sites is 1. The van der Waals surface area contributed by atoms with Crippen LogP contribution in [0.5, 0.6) is 5.75 Å². The maximum Gasteiger partial charge on any atom is 0.119 e. The van der Waals surface area contributed by atoms with Crippen molar-refractivity contribution in [1.82, 2.24) is 4.90 Å². The standard InChI is InChI=1S/C12H17NO.C2H6/c1-2-13-9-8-12(10-13)14-11-6-4-3-5-7-11;1-2/h3-7,12H,2,8-10H2,1H3;1-2H3. The predicted octanol–water partition coefficient (Wildman–Crippen LogP) is 3.19. The molecule has 1 saturated heterocycles. The van der Waals surface area contributed by atoms with Gasteiger partial charge in [0.25, 0.3) is 0 Å². The Hall–Kier alpha value is -1.02. The van der Waals surface area contributed by atoms with E-state index in [1.165, 1.54) is 6.54 Å². The van der Waals surface area contributed by atoms with Gasteiger partial charge in [-0.2, -0.15) is 0 Å². The normalized spacial score (nSPS) is 20.1. The molecule has 0 radical (unpaired) electrons. The summed E-state index contributed by atoms with van der Waals surface area (Å²) in [6.45, 7) is 9.58. The van der Waals surface area contributed by atoms with Gasteiger partial charge >= 0.3 is 0 Å². The summed E-state index contributed by atoms with van der Waals surface area (Å²) in [7, 11) is 0. The van der Waals surface area contributed by atoms with Crippen LogP contribution in [0.15, 0.2) is 30.3 Å². The summed E-state index contributed by atoms with van der Waals surface area (Å²) >= 11 is 0. The lowest BCUT2D eigenvalue weighted by atomic mass is 10.3. The van der Waals surface area contributed by atoms with E-state index in [-0.39, 0.29) is 0 Å². The van der Waals surface area contributed by atoms with Gasteiger partial charge in [0, 0.05) is 13.1 Å². The number of ether oxygens (including phenoxy) is 1. The van der Waals surface area contributed by atoms with Crippen LogP contribution in [0.1, 0.15) is 27.2 Å². The van der Waals surface area contributed by atoms with Gasteiger partial charge in [0.2, 0.25) is 0 Å². The zero-order chi connectivity index (χ0) is 11.8. The molecule has 1 aliphatic rings. The van der Waals surface area contributed by atoms with Crippen LogP contribution in [0.4, 0.5) is 0 Å². The summed E-state index contributed by atoms with van der Waals surface area (Å²) in [5, 5.41) is 0. The molecule has 2 heteroatoms. The van der Waals surface area contributed by atoms with Gasteiger partial charge in [0.05, 0.1) is 0 Å². The maximum atomic E-state index is 5.87. The molecule has 0 saturated carbocycles. The average Bonchev–Trinajstić information content (AvgIpc) is 2.81. The van der Waals surface area contributed by atoms with E-state index in [1.807, 2.05) is 44.2 Å². The van der Waals surface area contributed by atoms with E-state index < -0.39 is 0 Å². The van der Waals surface area contributed by atoms with E-state index >= 15 is 0 Å². The third-order valence-electron chi connectivity index (χ3n) is 2.72. The van der Waals surface area contributed by atoms with Crippen molar-refractivity contribution in [3.05, 3.63) is 30.3 Å². The topological polar surface area (TPSA) is 12.5 Å². The third kappa shape index (κ3) is 3.86. The van der Waals surface area contributed by atoms with Gasteiger partial charge in [-0.1, -0.05) is 39.0 Å². The predicted molar refractivity (Wildman–Crippen MR) is 68.9 cm³/mol. The van der Waals surface area contributed by atoms with Gasteiger partial charge in [-0.3, -0.25) is 4.90 Å². The number of benzene rings is 1. The van der Waals surface area contributed by atoms with Crippen molar-refractivity contribution in [2.75, 3.05) is 19.6 Å². The van der Waals surface area contributed by atoms with Crippen molar-refractivity contribution in [3.63, 3.8) is 0 Å². The minimum atomic E-state index is 0.386. The van der Waals surface area contributed by atoms with Gasteiger partial charge < -0.3 is 4.74 Å². The summed E-state index contributed by atoms with van der Waals surface area (Å²) in [5.41, 5.74) is 0. The van der Waals surface area contributed by atoms with Gasteiger partial charge in [-0.05, 0) is 25.1 Å². The largest absolute Gasteiger partial charge is 0.489 e. The van der Waals surface area contributed by atoms with E-state index in [0.29, 0.717) is 6.10 Å². The molecule has 0 spiro atoms. The van der Waals surface area contributed by atoms with Crippen LogP contribution in [0, 0.1) is 0 Å². The SMILES string of the molecule is CC.CCN1CCC(Oc2ccccc2)C1. The second-order valence-electron chi connectivity index (χ2n) is 3.73. The summed E-state index contributed by atoms with van der Waals surface area (Å²) in [6, 6.07) is 10.1. The van der Waals surface area contributed by atoms with E-state index in [1.54, 1.807) is 0 Å². The molecule has 1 aromatic carbocycles. The molecule has 1 fully saturated rings. The molecule has 0 aromatic heterocycles. The monoisotopic (exact) mass is 221 g/mol. The third-order valence-corrected chi connectivity index (χ3v) is 2.72. The molecule has 1 aliphatic heterocycles. The quantitative estimate of drug-likeness (QED) is 0.777. The first-order valence-corrected chi connectivity index (χ1v) is 6.32. The summed E-state index contributed by atoms with van der Waals surface area (Å²) in [5.74, 6) is 0.996. The molecule has 0 aliphatic carbocycles. The van der Waals surface area contributed by atoms with Crippen molar-refractivity contribution >= 4 is 0 Å². The van der Waals surface area contributed by atoms with E-state index in [9.17, 15) is 0 Å². The smallest absolute Gasteiger partial charge is 0.119 e. The fourth-order valence-corrected chi connectivity index (χ4v) is 1.87. The summed E-state index contributed by atoms with van der Waals surface area (Å²) in [6.07, 6.45) is 1.54. The van der Waals surface area contributed by atoms with Crippen molar-refractivity contribution in [2.45, 2.75) is 33.3 Å². The van der Waals surface area contributed by atoms with E-state index in [0.717, 1.165) is 25.3 Å². The molecule has 16 heavy (non-hydrogen) atoms. The minimum absolute atomic E-state index is 0.386. The van der Waals surface area contributed by atoms with Crippen molar-refractivity contribution < 1.29 is 4.74 Å². The van der Waals surface area contributed by atoms with Crippen molar-refractivity contribution in [2.24, 2.45) is 0 Å². The number of likely N-dealkylation sites (tertiary alicyclic amines) is 1. The Labute approximate surface area is 99.2 Å². The summed E-state index contributed by atoms with van der Waals surface area (Å²) in [4.78, 5) is 2.42. The second kappa shape index (κ2) is 7.29. The highest BCUT2D eigenvalue weighted by Gasteiger charge is 2.22. The highest BCUT2D eigenvalue weighted by Crippen LogP contribution is 2.17. The molecule has 1 atom stereocenters. The highest BCUT2D eigenvalue weighted by molar-refractivity contribution is 5.21. The fraction of sp³-hybridized carbons (Fsp3) is 0.571. The molecular weight excluding hydrogens is 198 g/mol. The highest BCUT2D eigenvalue weighted by atomic mass is 16.5. The first-order valence-electron chi connectivity index (χ1n) is 6.32. The van der Waals surface area contributed by atoms with Gasteiger partial charge in [0.1, 0.15) is 11.9 Å². The van der Waals surface area contributed by atoms with Crippen LogP contribution in [-0.4, -0.2) is 30.6 Å². The Morgan fingerprint density at radius 2 is 1.94 bits per heavy atom. The number of nitrogens with zero attached hydrogens (tertiary/aromatic N) is 1. The van der Waals surface area contributed by atoms with Crippen LogP contribution in [0.2, 0.25) is 0 Å². The van der Waals surface area contributed by atoms with Gasteiger partial charge in [-0.15, -0.1) is 0 Å². The molecule has 2 nitrogen and oxygen atoms in total. The Bertz CT molecular complexity index is 273. The maximum absolute atomic E-state index is 5.87. The number of rotatable bonds is 3. The molecule has 0 N–H and O–H groups in total. The van der Waals surface area contributed by atoms with E-state index in [4.69, 9.17) is 4.74 Å². The fourth-order valence-electron chi connectivity index (χ4n) is 1.87. The molecule has 90 valence electrons. The lowest BCUT2D eigenvalue weighted by molar-refractivity contribution is 0.202. The molecule has 1 unspecified atom stereocenters. The van der Waals surface area contributed by atoms with Crippen LogP contribution < -0.4 is 4.74 Å². The molecule has 1 heterocycles. The van der Waals surface area contributed by atoms with Gasteiger partial charge in [0.15, 0.2) is 0 Å². The Morgan fingerprint density at radius 3 is 2.50 bits per heavy atom. The van der Waals surface area contributed by atoms with Crippen LogP contribution in [0.3, 0.4) is 0 Å². The first kappa shape index (κ1) is 13.0. The molecule has 1 aromatic rings. The zero-order valence-electron chi connectivity index (χ0n) is 10.6. The molecule has 2 rings (SSSR count). The van der Waals surface area contributed by atoms with Crippen LogP contribution in [0.25, 0.3) is 0 Å². The Morgan fingerprint density at radius 1 is 1.25 bits per heavy atom.